The Labute approximate surface area is 108 Å². The summed E-state index contributed by atoms with van der Waals surface area (Å²) in [6.45, 7) is 0. The van der Waals surface area contributed by atoms with Crippen molar-refractivity contribution in [1.82, 2.24) is 30.1 Å². The number of hydrogen-bond acceptors (Lipinski definition) is 7. The van der Waals surface area contributed by atoms with Crippen molar-refractivity contribution >= 4 is 0 Å². The van der Waals surface area contributed by atoms with E-state index in [9.17, 15) is 0 Å². The molecule has 3 heterocycles. The first-order valence-electron chi connectivity index (χ1n) is 5.67. The van der Waals surface area contributed by atoms with Crippen molar-refractivity contribution in [3.8, 4) is 11.6 Å². The largest absolute Gasteiger partial charge is 0.348 e. The lowest BCUT2D eigenvalue weighted by atomic mass is 10.2. The van der Waals surface area contributed by atoms with Crippen LogP contribution in [0.4, 0.5) is 0 Å². The van der Waals surface area contributed by atoms with Gasteiger partial charge in [-0.3, -0.25) is 0 Å². The van der Waals surface area contributed by atoms with E-state index >= 15 is 0 Å². The Morgan fingerprint density at radius 3 is 2.84 bits per heavy atom. The molecule has 8 heteroatoms. The fourth-order valence-electron chi connectivity index (χ4n) is 1.61. The average Bonchev–Trinajstić information content (AvgIpc) is 3.10. The zero-order valence-electron chi connectivity index (χ0n) is 9.89. The van der Waals surface area contributed by atoms with Crippen molar-refractivity contribution in [2.24, 2.45) is 5.73 Å². The number of imidazole rings is 1. The van der Waals surface area contributed by atoms with Crippen LogP contribution in [0.2, 0.25) is 0 Å². The molecule has 0 aliphatic carbocycles. The zero-order valence-corrected chi connectivity index (χ0v) is 9.89. The SMILES string of the molecule is NC(Cc1cnc[nH]1)c1nc(-c2ncccn2)no1. The highest BCUT2D eigenvalue weighted by Gasteiger charge is 2.17. The molecule has 0 amide bonds. The molecule has 3 aromatic heterocycles. The van der Waals surface area contributed by atoms with Gasteiger partial charge in [-0.2, -0.15) is 4.98 Å². The molecule has 0 aromatic carbocycles. The van der Waals surface area contributed by atoms with E-state index in [0.717, 1.165) is 5.69 Å². The second-order valence-corrected chi connectivity index (χ2v) is 3.92. The predicted molar refractivity (Wildman–Crippen MR) is 64.5 cm³/mol. The number of hydrogen-bond donors (Lipinski definition) is 2. The van der Waals surface area contributed by atoms with E-state index in [4.69, 9.17) is 10.3 Å². The molecule has 0 saturated carbocycles. The van der Waals surface area contributed by atoms with Crippen LogP contribution in [0.3, 0.4) is 0 Å². The Hall–Kier alpha value is -2.61. The van der Waals surface area contributed by atoms with Crippen LogP contribution in [-0.2, 0) is 6.42 Å². The molecule has 0 saturated heterocycles. The van der Waals surface area contributed by atoms with Crippen LogP contribution < -0.4 is 5.73 Å². The highest BCUT2D eigenvalue weighted by atomic mass is 16.5. The van der Waals surface area contributed by atoms with Gasteiger partial charge in [0.25, 0.3) is 0 Å². The molecule has 0 aliphatic heterocycles. The van der Waals surface area contributed by atoms with Crippen molar-refractivity contribution in [2.75, 3.05) is 0 Å². The molecular weight excluding hydrogens is 246 g/mol. The lowest BCUT2D eigenvalue weighted by Crippen LogP contribution is -2.14. The van der Waals surface area contributed by atoms with Crippen LogP contribution in [-0.4, -0.2) is 30.1 Å². The minimum atomic E-state index is -0.398. The van der Waals surface area contributed by atoms with E-state index in [-0.39, 0.29) is 0 Å². The number of H-pyrrole nitrogens is 1. The van der Waals surface area contributed by atoms with Crippen molar-refractivity contribution in [2.45, 2.75) is 12.5 Å². The van der Waals surface area contributed by atoms with E-state index in [1.165, 1.54) is 0 Å². The van der Waals surface area contributed by atoms with Gasteiger partial charge in [0.1, 0.15) is 0 Å². The van der Waals surface area contributed by atoms with Crippen LogP contribution in [0.25, 0.3) is 11.6 Å². The lowest BCUT2D eigenvalue weighted by Gasteiger charge is -2.03. The number of nitrogens with zero attached hydrogens (tertiary/aromatic N) is 5. The summed E-state index contributed by atoms with van der Waals surface area (Å²) in [5, 5.41) is 3.82. The monoisotopic (exact) mass is 257 g/mol. The minimum Gasteiger partial charge on any atom is -0.348 e. The number of aromatic nitrogens is 6. The number of nitrogens with two attached hydrogens (primary N) is 1. The highest BCUT2D eigenvalue weighted by molar-refractivity contribution is 5.40. The summed E-state index contributed by atoms with van der Waals surface area (Å²) < 4.78 is 5.13. The summed E-state index contributed by atoms with van der Waals surface area (Å²) in [5.41, 5.74) is 6.90. The maximum absolute atomic E-state index is 5.99. The Morgan fingerprint density at radius 2 is 2.11 bits per heavy atom. The summed E-state index contributed by atoms with van der Waals surface area (Å²) >= 11 is 0. The summed E-state index contributed by atoms with van der Waals surface area (Å²) in [5.74, 6) is 1.08. The Kier molecular flexibility index (Phi) is 2.99. The fourth-order valence-corrected chi connectivity index (χ4v) is 1.61. The van der Waals surface area contributed by atoms with Gasteiger partial charge >= 0.3 is 0 Å². The highest BCUT2D eigenvalue weighted by Crippen LogP contribution is 2.16. The standard InChI is InChI=1S/C11H11N7O/c12-8(4-7-5-13-6-16-7)11-17-10(18-19-11)9-14-2-1-3-15-9/h1-3,5-6,8H,4,12H2,(H,13,16). The third kappa shape index (κ3) is 2.47. The molecule has 8 nitrogen and oxygen atoms in total. The van der Waals surface area contributed by atoms with E-state index < -0.39 is 6.04 Å². The van der Waals surface area contributed by atoms with Gasteiger partial charge in [-0.1, -0.05) is 5.16 Å². The lowest BCUT2D eigenvalue weighted by molar-refractivity contribution is 0.353. The molecule has 19 heavy (non-hydrogen) atoms. The molecule has 3 rings (SSSR count). The summed E-state index contributed by atoms with van der Waals surface area (Å²) in [6.07, 6.45) is 7.07. The van der Waals surface area contributed by atoms with Gasteiger partial charge < -0.3 is 15.2 Å². The molecule has 1 atom stereocenters. The maximum Gasteiger partial charge on any atom is 0.244 e. The van der Waals surface area contributed by atoms with E-state index in [1.54, 1.807) is 31.0 Å². The van der Waals surface area contributed by atoms with Gasteiger partial charge in [0, 0.05) is 30.7 Å². The molecule has 1 unspecified atom stereocenters. The Morgan fingerprint density at radius 1 is 1.26 bits per heavy atom. The first-order chi connectivity index (χ1) is 9.33. The molecule has 0 spiro atoms. The van der Waals surface area contributed by atoms with Crippen molar-refractivity contribution in [3.05, 3.63) is 42.6 Å². The van der Waals surface area contributed by atoms with Gasteiger partial charge in [-0.15, -0.1) is 0 Å². The van der Waals surface area contributed by atoms with Crippen LogP contribution in [0, 0.1) is 0 Å². The molecule has 0 bridgehead atoms. The van der Waals surface area contributed by atoms with Crippen LogP contribution >= 0.6 is 0 Å². The van der Waals surface area contributed by atoms with Crippen molar-refractivity contribution in [1.29, 1.82) is 0 Å². The maximum atomic E-state index is 5.99. The smallest absolute Gasteiger partial charge is 0.244 e. The van der Waals surface area contributed by atoms with E-state index in [1.807, 2.05) is 0 Å². The molecule has 0 aliphatic rings. The first-order valence-corrected chi connectivity index (χ1v) is 5.67. The van der Waals surface area contributed by atoms with Gasteiger partial charge in [0.05, 0.1) is 12.4 Å². The minimum absolute atomic E-state index is 0.329. The number of aromatic amines is 1. The summed E-state index contributed by atoms with van der Waals surface area (Å²) in [7, 11) is 0. The van der Waals surface area contributed by atoms with Gasteiger partial charge in [-0.05, 0) is 6.07 Å². The Bertz CT molecular complexity index is 634. The summed E-state index contributed by atoms with van der Waals surface area (Å²) in [6, 6.07) is 1.32. The average molecular weight is 257 g/mol. The van der Waals surface area contributed by atoms with Gasteiger partial charge in [-0.25, -0.2) is 15.0 Å². The molecular formula is C11H11N7O. The number of nitrogens with one attached hydrogen (secondary N) is 1. The van der Waals surface area contributed by atoms with Crippen LogP contribution in [0.1, 0.15) is 17.6 Å². The third-order valence-corrected chi connectivity index (χ3v) is 2.52. The Balaban J connectivity index is 1.78. The predicted octanol–water partition coefficient (Wildman–Crippen LogP) is 0.492. The van der Waals surface area contributed by atoms with E-state index in [2.05, 4.69) is 30.1 Å². The van der Waals surface area contributed by atoms with E-state index in [0.29, 0.717) is 24.0 Å². The first kappa shape index (κ1) is 11.5. The molecule has 3 aromatic rings. The van der Waals surface area contributed by atoms with Crippen molar-refractivity contribution < 1.29 is 4.52 Å². The topological polar surface area (TPSA) is 119 Å². The molecule has 96 valence electrons. The molecule has 3 N–H and O–H groups in total. The number of rotatable bonds is 4. The second-order valence-electron chi connectivity index (χ2n) is 3.92. The zero-order chi connectivity index (χ0) is 13.1. The molecule has 0 fully saturated rings. The second kappa shape index (κ2) is 4.94. The van der Waals surface area contributed by atoms with Gasteiger partial charge in [0.2, 0.25) is 17.5 Å². The summed E-state index contributed by atoms with van der Waals surface area (Å²) in [4.78, 5) is 19.2. The van der Waals surface area contributed by atoms with Crippen LogP contribution in [0.15, 0.2) is 35.5 Å². The van der Waals surface area contributed by atoms with Gasteiger partial charge in [0.15, 0.2) is 0 Å². The molecule has 0 radical (unpaired) electrons. The normalized spacial score (nSPS) is 12.5. The van der Waals surface area contributed by atoms with Crippen LogP contribution in [0.5, 0.6) is 0 Å². The quantitative estimate of drug-likeness (QED) is 0.697. The fraction of sp³-hybridized carbons (Fsp3) is 0.182. The third-order valence-electron chi connectivity index (χ3n) is 2.52. The van der Waals surface area contributed by atoms with Crippen molar-refractivity contribution in [3.63, 3.8) is 0 Å².